The quantitative estimate of drug-likeness (QED) is 0.648. The zero-order chi connectivity index (χ0) is 10.7. The second-order valence-corrected chi connectivity index (χ2v) is 4.35. The molecule has 84 valence electrons. The van der Waals surface area contributed by atoms with Gasteiger partial charge in [0.15, 0.2) is 0 Å². The summed E-state index contributed by atoms with van der Waals surface area (Å²) < 4.78 is 5.69. The Hall–Kier alpha value is -0.830. The minimum atomic E-state index is 0.0650. The van der Waals surface area contributed by atoms with Crippen LogP contribution in [0.1, 0.15) is 32.1 Å². The van der Waals surface area contributed by atoms with Gasteiger partial charge in [-0.15, -0.1) is 0 Å². The van der Waals surface area contributed by atoms with Crippen molar-refractivity contribution in [2.75, 3.05) is 13.2 Å². The van der Waals surface area contributed by atoms with Gasteiger partial charge in [-0.1, -0.05) is 6.58 Å². The van der Waals surface area contributed by atoms with Gasteiger partial charge in [0, 0.05) is 13.2 Å². The van der Waals surface area contributed by atoms with E-state index in [9.17, 15) is 4.79 Å². The Kier molecular flexibility index (Phi) is 3.41. The zero-order valence-electron chi connectivity index (χ0n) is 9.15. The third kappa shape index (κ3) is 2.23. The maximum atomic E-state index is 11.7. The number of ether oxygens (including phenoxy) is 1. The molecular formula is C12H19NO2. The van der Waals surface area contributed by atoms with E-state index in [-0.39, 0.29) is 12.0 Å². The fourth-order valence-electron chi connectivity index (χ4n) is 2.64. The molecule has 3 nitrogen and oxygen atoms in total. The molecule has 1 amide bonds. The molecule has 0 aliphatic carbocycles. The molecule has 2 heterocycles. The topological polar surface area (TPSA) is 29.5 Å². The van der Waals surface area contributed by atoms with Crippen LogP contribution in [0.4, 0.5) is 0 Å². The monoisotopic (exact) mass is 209 g/mol. The molecule has 2 saturated heterocycles. The normalized spacial score (nSPS) is 31.6. The number of hydrogen-bond donors (Lipinski definition) is 0. The van der Waals surface area contributed by atoms with Gasteiger partial charge in [0.05, 0.1) is 12.1 Å². The second kappa shape index (κ2) is 4.79. The largest absolute Gasteiger partial charge is 0.376 e. The Labute approximate surface area is 91.1 Å². The third-order valence-corrected chi connectivity index (χ3v) is 3.40. The predicted octanol–water partition coefficient (Wildman–Crippen LogP) is 1.73. The van der Waals surface area contributed by atoms with Crippen molar-refractivity contribution in [3.63, 3.8) is 0 Å². The molecule has 0 spiro atoms. The van der Waals surface area contributed by atoms with E-state index in [0.717, 1.165) is 38.8 Å². The van der Waals surface area contributed by atoms with E-state index in [1.54, 1.807) is 0 Å². The second-order valence-electron chi connectivity index (χ2n) is 4.35. The van der Waals surface area contributed by atoms with Crippen LogP contribution >= 0.6 is 0 Å². The number of piperidine rings is 1. The van der Waals surface area contributed by atoms with Crippen LogP contribution in [0.5, 0.6) is 0 Å². The van der Waals surface area contributed by atoms with Gasteiger partial charge >= 0.3 is 0 Å². The fourth-order valence-corrected chi connectivity index (χ4v) is 2.64. The molecule has 15 heavy (non-hydrogen) atoms. The summed E-state index contributed by atoms with van der Waals surface area (Å²) in [4.78, 5) is 13.6. The predicted molar refractivity (Wildman–Crippen MR) is 58.5 cm³/mol. The molecule has 0 bridgehead atoms. The van der Waals surface area contributed by atoms with E-state index in [1.807, 2.05) is 4.90 Å². The molecule has 2 atom stereocenters. The highest BCUT2D eigenvalue weighted by atomic mass is 16.5. The van der Waals surface area contributed by atoms with Crippen LogP contribution in [0.3, 0.4) is 0 Å². The number of nitrogens with zero attached hydrogens (tertiary/aromatic N) is 1. The number of carbonyl (C=O) groups is 1. The summed E-state index contributed by atoms with van der Waals surface area (Å²) >= 11 is 0. The van der Waals surface area contributed by atoms with Gasteiger partial charge in [-0.25, -0.2) is 0 Å². The lowest BCUT2D eigenvalue weighted by molar-refractivity contribution is -0.132. The molecule has 0 aromatic rings. The van der Waals surface area contributed by atoms with Crippen molar-refractivity contribution in [3.05, 3.63) is 12.7 Å². The van der Waals surface area contributed by atoms with Crippen LogP contribution in [0, 0.1) is 0 Å². The van der Waals surface area contributed by atoms with Crippen LogP contribution in [-0.2, 0) is 9.53 Å². The summed E-state index contributed by atoms with van der Waals surface area (Å²) in [5, 5.41) is 0. The van der Waals surface area contributed by atoms with Crippen molar-refractivity contribution in [2.24, 2.45) is 0 Å². The van der Waals surface area contributed by atoms with E-state index in [1.165, 1.54) is 12.5 Å². The van der Waals surface area contributed by atoms with Gasteiger partial charge in [-0.05, 0) is 38.2 Å². The molecule has 3 heteroatoms. The fraction of sp³-hybridized carbons (Fsp3) is 0.750. The Morgan fingerprint density at radius 3 is 2.87 bits per heavy atom. The number of carbonyl (C=O) groups excluding carboxylic acids is 1. The van der Waals surface area contributed by atoms with E-state index >= 15 is 0 Å². The summed E-state index contributed by atoms with van der Waals surface area (Å²) in [6, 6.07) is 0.298. The highest BCUT2D eigenvalue weighted by Crippen LogP contribution is 2.27. The first-order chi connectivity index (χ1) is 7.33. The number of amides is 1. The Morgan fingerprint density at radius 1 is 1.33 bits per heavy atom. The van der Waals surface area contributed by atoms with Crippen molar-refractivity contribution in [3.8, 4) is 0 Å². The molecule has 0 radical (unpaired) electrons. The van der Waals surface area contributed by atoms with Crippen molar-refractivity contribution in [1.82, 2.24) is 4.90 Å². The maximum absolute atomic E-state index is 11.7. The lowest BCUT2D eigenvalue weighted by Gasteiger charge is -2.38. The van der Waals surface area contributed by atoms with Crippen molar-refractivity contribution in [2.45, 2.75) is 44.2 Å². The maximum Gasteiger partial charge on any atom is 0.246 e. The van der Waals surface area contributed by atoms with Crippen LogP contribution < -0.4 is 0 Å². The Morgan fingerprint density at radius 2 is 2.20 bits per heavy atom. The minimum Gasteiger partial charge on any atom is -0.376 e. The first kappa shape index (κ1) is 10.7. The van der Waals surface area contributed by atoms with Gasteiger partial charge in [-0.3, -0.25) is 4.79 Å². The Balaban J connectivity index is 2.04. The summed E-state index contributed by atoms with van der Waals surface area (Å²) in [5.74, 6) is 0.0650. The van der Waals surface area contributed by atoms with E-state index in [4.69, 9.17) is 4.74 Å². The molecule has 0 aromatic heterocycles. The molecule has 0 saturated carbocycles. The minimum absolute atomic E-state index is 0.0650. The van der Waals surface area contributed by atoms with E-state index in [0.29, 0.717) is 6.04 Å². The SMILES string of the molecule is C=CC(=O)N1CCCCC1C1CCCO1. The molecule has 0 N–H and O–H groups in total. The summed E-state index contributed by atoms with van der Waals surface area (Å²) in [5.41, 5.74) is 0. The number of rotatable bonds is 2. The molecule has 2 fully saturated rings. The van der Waals surface area contributed by atoms with Crippen LogP contribution in [0.2, 0.25) is 0 Å². The average Bonchev–Trinajstić information content (AvgIpc) is 2.81. The lowest BCUT2D eigenvalue weighted by atomic mass is 9.95. The molecule has 2 aliphatic rings. The van der Waals surface area contributed by atoms with Crippen molar-refractivity contribution in [1.29, 1.82) is 0 Å². The summed E-state index contributed by atoms with van der Waals surface area (Å²) in [6.07, 6.45) is 7.35. The smallest absolute Gasteiger partial charge is 0.246 e. The summed E-state index contributed by atoms with van der Waals surface area (Å²) in [7, 11) is 0. The van der Waals surface area contributed by atoms with Gasteiger partial charge in [0.1, 0.15) is 0 Å². The van der Waals surface area contributed by atoms with Crippen LogP contribution in [0.15, 0.2) is 12.7 Å². The first-order valence-corrected chi connectivity index (χ1v) is 5.87. The molecule has 2 aliphatic heterocycles. The first-order valence-electron chi connectivity index (χ1n) is 5.87. The van der Waals surface area contributed by atoms with Crippen molar-refractivity contribution < 1.29 is 9.53 Å². The van der Waals surface area contributed by atoms with Gasteiger partial charge in [0.2, 0.25) is 5.91 Å². The third-order valence-electron chi connectivity index (χ3n) is 3.40. The number of likely N-dealkylation sites (tertiary alicyclic amines) is 1. The van der Waals surface area contributed by atoms with Crippen LogP contribution in [-0.4, -0.2) is 36.1 Å². The number of hydrogen-bond acceptors (Lipinski definition) is 2. The summed E-state index contributed by atoms with van der Waals surface area (Å²) in [6.45, 7) is 5.29. The molecular weight excluding hydrogens is 190 g/mol. The Bertz CT molecular complexity index is 246. The molecule has 0 aromatic carbocycles. The van der Waals surface area contributed by atoms with Crippen LogP contribution in [0.25, 0.3) is 0 Å². The molecule has 2 unspecified atom stereocenters. The zero-order valence-corrected chi connectivity index (χ0v) is 9.15. The molecule has 2 rings (SSSR count). The van der Waals surface area contributed by atoms with Crippen molar-refractivity contribution >= 4 is 5.91 Å². The van der Waals surface area contributed by atoms with Gasteiger partial charge < -0.3 is 9.64 Å². The highest BCUT2D eigenvalue weighted by molar-refractivity contribution is 5.87. The van der Waals surface area contributed by atoms with Gasteiger partial charge in [-0.2, -0.15) is 0 Å². The van der Waals surface area contributed by atoms with E-state index < -0.39 is 0 Å². The average molecular weight is 209 g/mol. The highest BCUT2D eigenvalue weighted by Gasteiger charge is 2.34. The van der Waals surface area contributed by atoms with Gasteiger partial charge in [0.25, 0.3) is 0 Å². The standard InChI is InChI=1S/C12H19NO2/c1-2-12(14)13-8-4-3-6-10(13)11-7-5-9-15-11/h2,10-11H,1,3-9H2. The van der Waals surface area contributed by atoms with E-state index in [2.05, 4.69) is 6.58 Å². The lowest BCUT2D eigenvalue weighted by Crippen LogP contribution is -2.49.